The van der Waals surface area contributed by atoms with Gasteiger partial charge in [0.1, 0.15) is 4.88 Å². The first-order valence-electron chi connectivity index (χ1n) is 4.45. The zero-order chi connectivity index (χ0) is 12.4. The number of amides is 1. The molecular weight excluding hydrogens is 253 g/mol. The lowest BCUT2D eigenvalue weighted by Gasteiger charge is -2.05. The Kier molecular flexibility index (Phi) is 3.10. The largest absolute Gasteiger partial charge is 0.319 e. The Balaban J connectivity index is 2.25. The van der Waals surface area contributed by atoms with Crippen LogP contribution in [0, 0.1) is 17.5 Å². The molecule has 1 aromatic heterocycles. The standard InChI is InChI=1S/C10H5F3N2OS/c11-5-1-2-6(9(13)8(5)12)15-10(16)7-3-4-14-17-7/h1-4H,(H,15,16). The molecule has 2 aromatic rings. The van der Waals surface area contributed by atoms with Crippen LogP contribution in [0.5, 0.6) is 0 Å². The highest BCUT2D eigenvalue weighted by Gasteiger charge is 2.16. The van der Waals surface area contributed by atoms with E-state index in [1.54, 1.807) is 0 Å². The quantitative estimate of drug-likeness (QED) is 0.841. The molecule has 0 bridgehead atoms. The molecule has 1 amide bonds. The summed E-state index contributed by atoms with van der Waals surface area (Å²) in [4.78, 5) is 11.7. The monoisotopic (exact) mass is 258 g/mol. The molecule has 0 atom stereocenters. The van der Waals surface area contributed by atoms with Gasteiger partial charge in [0.2, 0.25) is 0 Å². The molecule has 0 spiro atoms. The predicted octanol–water partition coefficient (Wildman–Crippen LogP) is 2.81. The van der Waals surface area contributed by atoms with Crippen molar-refractivity contribution in [1.29, 1.82) is 0 Å². The van der Waals surface area contributed by atoms with E-state index in [0.717, 1.165) is 23.7 Å². The van der Waals surface area contributed by atoms with Crippen LogP contribution in [0.15, 0.2) is 24.4 Å². The van der Waals surface area contributed by atoms with Crippen LogP contribution in [0.25, 0.3) is 0 Å². The van der Waals surface area contributed by atoms with Gasteiger partial charge in [0, 0.05) is 6.20 Å². The summed E-state index contributed by atoms with van der Waals surface area (Å²) in [5.41, 5.74) is -0.415. The third kappa shape index (κ3) is 2.28. The van der Waals surface area contributed by atoms with Crippen LogP contribution in [-0.4, -0.2) is 10.3 Å². The Morgan fingerprint density at radius 2 is 1.94 bits per heavy atom. The number of carbonyl (C=O) groups excluding carboxylic acids is 1. The van der Waals surface area contributed by atoms with Crippen LogP contribution in [0.2, 0.25) is 0 Å². The maximum atomic E-state index is 13.2. The smallest absolute Gasteiger partial charge is 0.267 e. The van der Waals surface area contributed by atoms with Crippen LogP contribution >= 0.6 is 11.5 Å². The summed E-state index contributed by atoms with van der Waals surface area (Å²) < 4.78 is 42.4. The minimum absolute atomic E-state index is 0.245. The molecule has 0 saturated heterocycles. The molecule has 0 aliphatic heterocycles. The van der Waals surface area contributed by atoms with Gasteiger partial charge in [-0.1, -0.05) is 0 Å². The number of rotatable bonds is 2. The molecule has 7 heteroatoms. The summed E-state index contributed by atoms with van der Waals surface area (Å²) >= 11 is 0.911. The molecule has 17 heavy (non-hydrogen) atoms. The highest BCUT2D eigenvalue weighted by molar-refractivity contribution is 7.08. The lowest BCUT2D eigenvalue weighted by Crippen LogP contribution is -2.12. The van der Waals surface area contributed by atoms with Gasteiger partial charge < -0.3 is 5.32 Å². The van der Waals surface area contributed by atoms with Gasteiger partial charge in [0.25, 0.3) is 5.91 Å². The van der Waals surface area contributed by atoms with Crippen LogP contribution < -0.4 is 5.32 Å². The molecule has 88 valence electrons. The normalized spacial score (nSPS) is 10.3. The number of halogens is 3. The van der Waals surface area contributed by atoms with Gasteiger partial charge in [-0.25, -0.2) is 17.5 Å². The topological polar surface area (TPSA) is 42.0 Å². The van der Waals surface area contributed by atoms with E-state index >= 15 is 0 Å². The maximum absolute atomic E-state index is 13.2. The Labute approximate surface area is 98.1 Å². The van der Waals surface area contributed by atoms with E-state index in [4.69, 9.17) is 0 Å². The van der Waals surface area contributed by atoms with Crippen molar-refractivity contribution in [1.82, 2.24) is 4.37 Å². The Bertz CT molecular complexity index is 557. The van der Waals surface area contributed by atoms with Gasteiger partial charge >= 0.3 is 0 Å². The van der Waals surface area contributed by atoms with Gasteiger partial charge in [-0.3, -0.25) is 4.79 Å². The third-order valence-electron chi connectivity index (χ3n) is 1.94. The first kappa shape index (κ1) is 11.6. The van der Waals surface area contributed by atoms with Crippen molar-refractivity contribution in [2.75, 3.05) is 5.32 Å². The van der Waals surface area contributed by atoms with E-state index in [2.05, 4.69) is 9.69 Å². The number of anilines is 1. The summed E-state index contributed by atoms with van der Waals surface area (Å²) in [7, 11) is 0. The second-order valence-corrected chi connectivity index (χ2v) is 3.89. The van der Waals surface area contributed by atoms with Crippen molar-refractivity contribution in [2.24, 2.45) is 0 Å². The molecular formula is C10H5F3N2OS. The third-order valence-corrected chi connectivity index (χ3v) is 2.69. The SMILES string of the molecule is O=C(Nc1ccc(F)c(F)c1F)c1ccns1. The Hall–Kier alpha value is -1.89. The lowest BCUT2D eigenvalue weighted by molar-refractivity contribution is 0.103. The summed E-state index contributed by atoms with van der Waals surface area (Å²) in [6, 6.07) is 3.12. The highest BCUT2D eigenvalue weighted by atomic mass is 32.1. The van der Waals surface area contributed by atoms with Gasteiger partial charge in [-0.2, -0.15) is 0 Å². The molecule has 0 unspecified atom stereocenters. The van der Waals surface area contributed by atoms with Crippen LogP contribution in [-0.2, 0) is 0 Å². The van der Waals surface area contributed by atoms with E-state index in [1.807, 2.05) is 0 Å². The number of nitrogens with zero attached hydrogens (tertiary/aromatic N) is 1. The van der Waals surface area contributed by atoms with Crippen molar-refractivity contribution in [3.63, 3.8) is 0 Å². The Morgan fingerprint density at radius 3 is 2.59 bits per heavy atom. The second kappa shape index (κ2) is 4.54. The average molecular weight is 258 g/mol. The predicted molar refractivity (Wildman–Crippen MR) is 56.4 cm³/mol. The van der Waals surface area contributed by atoms with Gasteiger partial charge in [-0.15, -0.1) is 0 Å². The molecule has 1 heterocycles. The fourth-order valence-electron chi connectivity index (χ4n) is 1.14. The molecule has 0 radical (unpaired) electrons. The number of nitrogens with one attached hydrogen (secondary N) is 1. The van der Waals surface area contributed by atoms with Gasteiger partial charge in [0.15, 0.2) is 17.5 Å². The van der Waals surface area contributed by atoms with Crippen molar-refractivity contribution in [2.45, 2.75) is 0 Å². The van der Waals surface area contributed by atoms with Crippen LogP contribution in [0.1, 0.15) is 9.67 Å². The Morgan fingerprint density at radius 1 is 1.18 bits per heavy atom. The number of benzene rings is 1. The molecule has 2 rings (SSSR count). The average Bonchev–Trinajstić information content (AvgIpc) is 2.83. The number of hydrogen-bond donors (Lipinski definition) is 1. The molecule has 0 fully saturated rings. The number of hydrogen-bond acceptors (Lipinski definition) is 3. The number of carbonyl (C=O) groups is 1. The van der Waals surface area contributed by atoms with E-state index in [9.17, 15) is 18.0 Å². The maximum Gasteiger partial charge on any atom is 0.267 e. The highest BCUT2D eigenvalue weighted by Crippen LogP contribution is 2.20. The molecule has 0 aliphatic carbocycles. The zero-order valence-electron chi connectivity index (χ0n) is 8.21. The van der Waals surface area contributed by atoms with E-state index < -0.39 is 29.0 Å². The van der Waals surface area contributed by atoms with Crippen LogP contribution in [0.4, 0.5) is 18.9 Å². The minimum atomic E-state index is -1.62. The molecule has 0 aliphatic rings. The minimum Gasteiger partial charge on any atom is -0.319 e. The summed E-state index contributed by atoms with van der Waals surface area (Å²) in [5, 5.41) is 2.13. The van der Waals surface area contributed by atoms with Gasteiger partial charge in [0.05, 0.1) is 5.69 Å². The molecule has 1 aromatic carbocycles. The molecule has 1 N–H and O–H groups in total. The molecule has 0 saturated carbocycles. The van der Waals surface area contributed by atoms with Crippen LogP contribution in [0.3, 0.4) is 0 Å². The first-order valence-corrected chi connectivity index (χ1v) is 5.22. The number of aromatic nitrogens is 1. The van der Waals surface area contributed by atoms with E-state index in [0.29, 0.717) is 0 Å². The van der Waals surface area contributed by atoms with Crippen molar-refractivity contribution >= 4 is 23.1 Å². The van der Waals surface area contributed by atoms with E-state index in [-0.39, 0.29) is 4.88 Å². The first-order chi connectivity index (χ1) is 8.09. The fraction of sp³-hybridized carbons (Fsp3) is 0. The van der Waals surface area contributed by atoms with Crippen molar-refractivity contribution < 1.29 is 18.0 Å². The lowest BCUT2D eigenvalue weighted by atomic mass is 10.2. The summed E-state index contributed by atoms with van der Waals surface area (Å²) in [5.74, 6) is -4.98. The van der Waals surface area contributed by atoms with Gasteiger partial charge in [-0.05, 0) is 29.7 Å². The van der Waals surface area contributed by atoms with Crippen molar-refractivity contribution in [3.8, 4) is 0 Å². The molecule has 3 nitrogen and oxygen atoms in total. The summed E-state index contributed by atoms with van der Waals surface area (Å²) in [6.07, 6.45) is 1.40. The summed E-state index contributed by atoms with van der Waals surface area (Å²) in [6.45, 7) is 0. The van der Waals surface area contributed by atoms with Crippen molar-refractivity contribution in [3.05, 3.63) is 46.7 Å². The fourth-order valence-corrected chi connectivity index (χ4v) is 1.63. The second-order valence-electron chi connectivity index (χ2n) is 3.05. The van der Waals surface area contributed by atoms with E-state index in [1.165, 1.54) is 12.3 Å². The zero-order valence-corrected chi connectivity index (χ0v) is 9.02.